The van der Waals surface area contributed by atoms with E-state index in [0.717, 1.165) is 22.3 Å². The molecule has 0 aliphatic heterocycles. The third-order valence-corrected chi connectivity index (χ3v) is 5.27. The molecule has 4 aromatic rings. The maximum atomic E-state index is 12.4. The lowest BCUT2D eigenvalue weighted by molar-refractivity contribution is -0.123. The number of aromatic nitrogens is 3. The van der Waals surface area contributed by atoms with Crippen LogP contribution in [0.25, 0.3) is 22.4 Å². The lowest BCUT2D eigenvalue weighted by atomic mass is 10.0. The molecule has 0 saturated carbocycles. The minimum absolute atomic E-state index is 0.172. The molecule has 2 heterocycles. The Morgan fingerprint density at radius 2 is 1.81 bits per heavy atom. The van der Waals surface area contributed by atoms with Crippen LogP contribution in [0.4, 0.5) is 0 Å². The van der Waals surface area contributed by atoms with Crippen molar-refractivity contribution in [2.24, 2.45) is 0 Å². The van der Waals surface area contributed by atoms with E-state index in [1.165, 1.54) is 5.56 Å². The van der Waals surface area contributed by atoms with Gasteiger partial charge in [0, 0.05) is 12.1 Å². The van der Waals surface area contributed by atoms with Crippen LogP contribution in [0, 0.1) is 27.7 Å². The zero-order valence-electron chi connectivity index (χ0n) is 18.0. The molecule has 1 amide bonds. The van der Waals surface area contributed by atoms with Crippen LogP contribution >= 0.6 is 0 Å². The van der Waals surface area contributed by atoms with Crippen LogP contribution < -0.4 is 10.1 Å². The maximum Gasteiger partial charge on any atom is 0.265 e. The van der Waals surface area contributed by atoms with Crippen molar-refractivity contribution in [3.8, 4) is 17.1 Å². The predicted octanol–water partition coefficient (Wildman–Crippen LogP) is 4.21. The first-order chi connectivity index (χ1) is 14.9. The van der Waals surface area contributed by atoms with E-state index in [1.54, 1.807) is 6.92 Å². The van der Waals surface area contributed by atoms with E-state index in [1.807, 2.05) is 56.3 Å². The largest absolute Gasteiger partial charge is 0.467 e. The van der Waals surface area contributed by atoms with Gasteiger partial charge in [-0.3, -0.25) is 4.79 Å². The SMILES string of the molecule is Cc1nc(OCC(=O)NCc2ccccc2C)c2c(-c3ccc(C)c(C)c3)noc2n1. The van der Waals surface area contributed by atoms with Gasteiger partial charge in [-0.2, -0.15) is 9.97 Å². The summed E-state index contributed by atoms with van der Waals surface area (Å²) in [6, 6.07) is 14.0. The molecule has 0 unspecified atom stereocenters. The van der Waals surface area contributed by atoms with E-state index < -0.39 is 0 Å². The van der Waals surface area contributed by atoms with E-state index in [0.29, 0.717) is 29.2 Å². The van der Waals surface area contributed by atoms with Gasteiger partial charge in [0.15, 0.2) is 6.61 Å². The third-order valence-electron chi connectivity index (χ3n) is 5.27. The molecule has 0 aliphatic carbocycles. The highest BCUT2D eigenvalue weighted by atomic mass is 16.5. The fourth-order valence-electron chi connectivity index (χ4n) is 3.30. The highest BCUT2D eigenvalue weighted by Gasteiger charge is 2.20. The molecule has 7 nitrogen and oxygen atoms in total. The molecule has 0 radical (unpaired) electrons. The van der Waals surface area contributed by atoms with Gasteiger partial charge in [-0.1, -0.05) is 41.6 Å². The van der Waals surface area contributed by atoms with E-state index in [9.17, 15) is 4.79 Å². The predicted molar refractivity (Wildman–Crippen MR) is 118 cm³/mol. The molecule has 7 heteroatoms. The molecule has 2 aromatic carbocycles. The monoisotopic (exact) mass is 416 g/mol. The second-order valence-corrected chi connectivity index (χ2v) is 7.58. The van der Waals surface area contributed by atoms with Crippen molar-refractivity contribution in [2.75, 3.05) is 6.61 Å². The third kappa shape index (κ3) is 4.40. The number of benzene rings is 2. The number of nitrogens with zero attached hydrogens (tertiary/aromatic N) is 3. The minimum atomic E-state index is -0.239. The van der Waals surface area contributed by atoms with Gasteiger partial charge in [0.05, 0.1) is 0 Å². The van der Waals surface area contributed by atoms with Gasteiger partial charge in [-0.15, -0.1) is 0 Å². The summed E-state index contributed by atoms with van der Waals surface area (Å²) >= 11 is 0. The molecular weight excluding hydrogens is 392 g/mol. The van der Waals surface area contributed by atoms with Crippen LogP contribution in [0.5, 0.6) is 5.88 Å². The topological polar surface area (TPSA) is 90.1 Å². The lowest BCUT2D eigenvalue weighted by Gasteiger charge is -2.10. The van der Waals surface area contributed by atoms with Gasteiger partial charge in [0.2, 0.25) is 5.88 Å². The summed E-state index contributed by atoms with van der Waals surface area (Å²) in [5.74, 6) is 0.519. The number of hydrogen-bond donors (Lipinski definition) is 1. The zero-order valence-corrected chi connectivity index (χ0v) is 18.0. The smallest absolute Gasteiger partial charge is 0.265 e. The normalized spacial score (nSPS) is 11.0. The Kier molecular flexibility index (Phi) is 5.66. The van der Waals surface area contributed by atoms with Crippen molar-refractivity contribution >= 4 is 17.0 Å². The van der Waals surface area contributed by atoms with Crippen molar-refractivity contribution < 1.29 is 14.1 Å². The van der Waals surface area contributed by atoms with Crippen molar-refractivity contribution in [1.82, 2.24) is 20.4 Å². The molecule has 0 spiro atoms. The molecule has 0 saturated heterocycles. The molecule has 158 valence electrons. The average Bonchev–Trinajstić information content (AvgIpc) is 3.17. The van der Waals surface area contributed by atoms with Crippen molar-refractivity contribution in [1.29, 1.82) is 0 Å². The number of carbonyl (C=O) groups is 1. The van der Waals surface area contributed by atoms with Crippen LogP contribution in [0.2, 0.25) is 0 Å². The summed E-state index contributed by atoms with van der Waals surface area (Å²) in [5.41, 5.74) is 6.31. The summed E-state index contributed by atoms with van der Waals surface area (Å²) in [4.78, 5) is 21.1. The van der Waals surface area contributed by atoms with Crippen molar-refractivity contribution in [3.05, 3.63) is 70.5 Å². The highest BCUT2D eigenvalue weighted by molar-refractivity contribution is 5.93. The standard InChI is InChI=1S/C24H24N4O3/c1-14-9-10-18(11-16(14)3)22-21-23(26-17(4)27-24(21)31-28-22)30-13-20(29)25-12-19-8-6-5-7-15(19)2/h5-11H,12-13H2,1-4H3,(H,25,29). The summed E-state index contributed by atoms with van der Waals surface area (Å²) in [7, 11) is 0. The number of carbonyl (C=O) groups excluding carboxylic acids is 1. The number of ether oxygens (including phenoxy) is 1. The molecule has 1 N–H and O–H groups in total. The number of nitrogens with one attached hydrogen (secondary N) is 1. The van der Waals surface area contributed by atoms with Gasteiger partial charge in [-0.25, -0.2) is 0 Å². The first-order valence-electron chi connectivity index (χ1n) is 10.1. The Labute approximate surface area is 180 Å². The van der Waals surface area contributed by atoms with Crippen LogP contribution in [-0.4, -0.2) is 27.6 Å². The van der Waals surface area contributed by atoms with E-state index >= 15 is 0 Å². The highest BCUT2D eigenvalue weighted by Crippen LogP contribution is 2.33. The molecule has 2 aromatic heterocycles. The fraction of sp³-hybridized carbons (Fsp3) is 0.250. The Balaban J connectivity index is 1.55. The second kappa shape index (κ2) is 8.55. The Morgan fingerprint density at radius 1 is 1.00 bits per heavy atom. The Morgan fingerprint density at radius 3 is 2.58 bits per heavy atom. The van der Waals surface area contributed by atoms with Crippen LogP contribution in [0.3, 0.4) is 0 Å². The first-order valence-corrected chi connectivity index (χ1v) is 10.1. The van der Waals surface area contributed by atoms with E-state index in [-0.39, 0.29) is 18.4 Å². The maximum absolute atomic E-state index is 12.4. The van der Waals surface area contributed by atoms with E-state index in [2.05, 4.69) is 27.4 Å². The van der Waals surface area contributed by atoms with E-state index in [4.69, 9.17) is 9.26 Å². The first kappa shape index (κ1) is 20.5. The molecular formula is C24H24N4O3. The molecule has 0 bridgehead atoms. The van der Waals surface area contributed by atoms with Crippen LogP contribution in [-0.2, 0) is 11.3 Å². The quantitative estimate of drug-likeness (QED) is 0.506. The zero-order chi connectivity index (χ0) is 22.0. The molecule has 4 rings (SSSR count). The number of rotatable bonds is 6. The lowest BCUT2D eigenvalue weighted by Crippen LogP contribution is -2.28. The Hall–Kier alpha value is -3.74. The summed E-state index contributed by atoms with van der Waals surface area (Å²) in [5, 5.41) is 7.63. The average molecular weight is 416 g/mol. The van der Waals surface area contributed by atoms with Gasteiger partial charge in [-0.05, 0) is 56.0 Å². The van der Waals surface area contributed by atoms with Gasteiger partial charge in [0.1, 0.15) is 16.9 Å². The van der Waals surface area contributed by atoms with Gasteiger partial charge in [0.25, 0.3) is 11.6 Å². The summed E-state index contributed by atoms with van der Waals surface area (Å²) in [6.45, 7) is 8.11. The van der Waals surface area contributed by atoms with Crippen LogP contribution in [0.1, 0.15) is 28.1 Å². The number of hydrogen-bond acceptors (Lipinski definition) is 6. The Bertz CT molecular complexity index is 1260. The van der Waals surface area contributed by atoms with Crippen molar-refractivity contribution in [3.63, 3.8) is 0 Å². The molecule has 31 heavy (non-hydrogen) atoms. The number of aryl methyl sites for hydroxylation is 4. The summed E-state index contributed by atoms with van der Waals surface area (Å²) < 4.78 is 11.2. The summed E-state index contributed by atoms with van der Waals surface area (Å²) in [6.07, 6.45) is 0. The fourth-order valence-corrected chi connectivity index (χ4v) is 3.30. The molecule has 0 aliphatic rings. The number of fused-ring (bicyclic) bond motifs is 1. The van der Waals surface area contributed by atoms with Crippen LogP contribution in [0.15, 0.2) is 47.0 Å². The second-order valence-electron chi connectivity index (χ2n) is 7.58. The van der Waals surface area contributed by atoms with Gasteiger partial charge < -0.3 is 14.6 Å². The van der Waals surface area contributed by atoms with Crippen molar-refractivity contribution in [2.45, 2.75) is 34.2 Å². The minimum Gasteiger partial charge on any atom is -0.467 e. The molecule has 0 fully saturated rings. The van der Waals surface area contributed by atoms with Gasteiger partial charge >= 0.3 is 0 Å². The molecule has 0 atom stereocenters. The number of amides is 1.